The van der Waals surface area contributed by atoms with Crippen LogP contribution >= 0.6 is 0 Å². The Morgan fingerprint density at radius 1 is 1.58 bits per heavy atom. The van der Waals surface area contributed by atoms with Gasteiger partial charge in [-0.15, -0.1) is 0 Å². The highest BCUT2D eigenvalue weighted by Gasteiger charge is 2.34. The maximum absolute atomic E-state index is 10.9. The standard InChI is InChI=1S/C15H22N2O2/c1-15(2)6-5-12(8-14(18)19)10-17(15)11-13-4-3-7-16-9-13/h3-4,7,9,12H,5-6,8,10-11H2,1-2H3,(H,18,19). The van der Waals surface area contributed by atoms with Gasteiger partial charge in [-0.2, -0.15) is 0 Å². The first-order chi connectivity index (χ1) is 8.97. The number of likely N-dealkylation sites (tertiary alicyclic amines) is 1. The Kier molecular flexibility index (Phi) is 4.20. The number of nitrogens with zero attached hydrogens (tertiary/aromatic N) is 2. The zero-order valence-corrected chi connectivity index (χ0v) is 11.7. The van der Waals surface area contributed by atoms with E-state index in [0.717, 1.165) is 25.9 Å². The van der Waals surface area contributed by atoms with E-state index < -0.39 is 5.97 Å². The van der Waals surface area contributed by atoms with Crippen LogP contribution in [0.5, 0.6) is 0 Å². The summed E-state index contributed by atoms with van der Waals surface area (Å²) in [6.07, 6.45) is 5.99. The molecule has 1 aliphatic heterocycles. The molecule has 0 aliphatic carbocycles. The minimum absolute atomic E-state index is 0.130. The van der Waals surface area contributed by atoms with Crippen LogP contribution in [0.15, 0.2) is 24.5 Å². The van der Waals surface area contributed by atoms with E-state index in [9.17, 15) is 4.79 Å². The van der Waals surface area contributed by atoms with Gasteiger partial charge in [-0.3, -0.25) is 14.7 Å². The van der Waals surface area contributed by atoms with E-state index in [4.69, 9.17) is 5.11 Å². The van der Waals surface area contributed by atoms with Gasteiger partial charge in [0, 0.05) is 37.4 Å². The molecule has 0 saturated carbocycles. The Hall–Kier alpha value is -1.42. The summed E-state index contributed by atoms with van der Waals surface area (Å²) in [7, 11) is 0. The van der Waals surface area contributed by atoms with Gasteiger partial charge in [-0.05, 0) is 44.2 Å². The molecule has 4 heteroatoms. The van der Waals surface area contributed by atoms with Crippen LogP contribution in [0.4, 0.5) is 0 Å². The van der Waals surface area contributed by atoms with Crippen molar-refractivity contribution < 1.29 is 9.90 Å². The smallest absolute Gasteiger partial charge is 0.303 e. The van der Waals surface area contributed by atoms with Gasteiger partial charge in [-0.1, -0.05) is 6.07 Å². The molecule has 1 aromatic heterocycles. The summed E-state index contributed by atoms with van der Waals surface area (Å²) in [5, 5.41) is 8.94. The maximum atomic E-state index is 10.9. The predicted octanol–water partition coefficient (Wildman–Crippen LogP) is 2.55. The first-order valence-electron chi connectivity index (χ1n) is 6.83. The largest absolute Gasteiger partial charge is 0.481 e. The summed E-state index contributed by atoms with van der Waals surface area (Å²) in [6, 6.07) is 4.02. The molecular weight excluding hydrogens is 240 g/mol. The van der Waals surface area contributed by atoms with Crippen LogP contribution in [0.2, 0.25) is 0 Å². The number of piperidine rings is 1. The fourth-order valence-electron chi connectivity index (χ4n) is 2.77. The van der Waals surface area contributed by atoms with Crippen LogP contribution in [0, 0.1) is 5.92 Å². The van der Waals surface area contributed by atoms with Crippen LogP contribution in [0.3, 0.4) is 0 Å². The molecule has 1 N–H and O–H groups in total. The SMILES string of the molecule is CC1(C)CCC(CC(=O)O)CN1Cc1cccnc1. The fraction of sp³-hybridized carbons (Fsp3) is 0.600. The topological polar surface area (TPSA) is 53.4 Å². The molecule has 1 aromatic rings. The van der Waals surface area contributed by atoms with Crippen LogP contribution in [-0.2, 0) is 11.3 Å². The molecule has 0 aromatic carbocycles. The van der Waals surface area contributed by atoms with E-state index in [-0.39, 0.29) is 17.9 Å². The molecule has 1 saturated heterocycles. The molecule has 104 valence electrons. The van der Waals surface area contributed by atoms with Crippen molar-refractivity contribution in [1.29, 1.82) is 0 Å². The van der Waals surface area contributed by atoms with Crippen molar-refractivity contribution in [3.8, 4) is 0 Å². The van der Waals surface area contributed by atoms with Crippen LogP contribution in [-0.4, -0.2) is 33.0 Å². The Bertz CT molecular complexity index is 431. The summed E-state index contributed by atoms with van der Waals surface area (Å²) >= 11 is 0. The zero-order valence-electron chi connectivity index (χ0n) is 11.7. The average molecular weight is 262 g/mol. The maximum Gasteiger partial charge on any atom is 0.303 e. The van der Waals surface area contributed by atoms with Crippen LogP contribution in [0.1, 0.15) is 38.7 Å². The number of pyridine rings is 1. The second-order valence-electron chi connectivity index (χ2n) is 6.06. The predicted molar refractivity (Wildman–Crippen MR) is 73.7 cm³/mol. The minimum Gasteiger partial charge on any atom is -0.481 e. The van der Waals surface area contributed by atoms with Crippen molar-refractivity contribution in [3.05, 3.63) is 30.1 Å². The van der Waals surface area contributed by atoms with Crippen molar-refractivity contribution in [2.45, 2.75) is 45.2 Å². The van der Waals surface area contributed by atoms with Crippen molar-refractivity contribution in [2.24, 2.45) is 5.92 Å². The normalized spacial score (nSPS) is 23.2. The number of rotatable bonds is 4. The van der Waals surface area contributed by atoms with Crippen LogP contribution in [0.25, 0.3) is 0 Å². The fourth-order valence-corrected chi connectivity index (χ4v) is 2.77. The van der Waals surface area contributed by atoms with Crippen molar-refractivity contribution >= 4 is 5.97 Å². The summed E-state index contributed by atoms with van der Waals surface area (Å²) in [5.41, 5.74) is 1.32. The molecule has 2 heterocycles. The van der Waals surface area contributed by atoms with E-state index in [2.05, 4.69) is 29.8 Å². The lowest BCUT2D eigenvalue weighted by atomic mass is 9.83. The number of carbonyl (C=O) groups is 1. The van der Waals surface area contributed by atoms with Crippen LogP contribution < -0.4 is 0 Å². The third-order valence-corrected chi connectivity index (χ3v) is 4.06. The number of carboxylic acids is 1. The van der Waals surface area contributed by atoms with Gasteiger partial charge in [0.15, 0.2) is 0 Å². The molecule has 19 heavy (non-hydrogen) atoms. The number of hydrogen-bond donors (Lipinski definition) is 1. The Balaban J connectivity index is 2.04. The molecule has 1 atom stereocenters. The van der Waals surface area contributed by atoms with Crippen molar-refractivity contribution in [1.82, 2.24) is 9.88 Å². The third-order valence-electron chi connectivity index (χ3n) is 4.06. The molecule has 2 rings (SSSR count). The van der Waals surface area contributed by atoms with E-state index >= 15 is 0 Å². The molecule has 4 nitrogen and oxygen atoms in total. The second-order valence-corrected chi connectivity index (χ2v) is 6.06. The Morgan fingerprint density at radius 2 is 2.37 bits per heavy atom. The molecule has 1 fully saturated rings. The molecule has 1 aliphatic rings. The summed E-state index contributed by atoms with van der Waals surface area (Å²) in [5.74, 6) is -0.423. The summed E-state index contributed by atoms with van der Waals surface area (Å²) in [4.78, 5) is 17.4. The lowest BCUT2D eigenvalue weighted by molar-refractivity contribution is -0.139. The van der Waals surface area contributed by atoms with E-state index in [1.54, 1.807) is 6.20 Å². The van der Waals surface area contributed by atoms with Crippen molar-refractivity contribution in [3.63, 3.8) is 0 Å². The Morgan fingerprint density at radius 3 is 3.00 bits per heavy atom. The van der Waals surface area contributed by atoms with Gasteiger partial charge in [0.25, 0.3) is 0 Å². The molecular formula is C15H22N2O2. The van der Waals surface area contributed by atoms with E-state index in [1.807, 2.05) is 12.3 Å². The highest BCUT2D eigenvalue weighted by Crippen LogP contribution is 2.33. The average Bonchev–Trinajstić information content (AvgIpc) is 2.34. The minimum atomic E-state index is -0.689. The molecule has 0 bridgehead atoms. The summed E-state index contributed by atoms with van der Waals surface area (Å²) < 4.78 is 0. The second kappa shape index (κ2) is 5.70. The lowest BCUT2D eigenvalue weighted by Crippen LogP contribution is -2.50. The van der Waals surface area contributed by atoms with E-state index in [0.29, 0.717) is 0 Å². The van der Waals surface area contributed by atoms with Gasteiger partial charge in [-0.25, -0.2) is 0 Å². The Labute approximate surface area is 114 Å². The quantitative estimate of drug-likeness (QED) is 0.906. The van der Waals surface area contributed by atoms with Crippen molar-refractivity contribution in [2.75, 3.05) is 6.54 Å². The number of carboxylic acid groups (broad SMARTS) is 1. The summed E-state index contributed by atoms with van der Waals surface area (Å²) in [6.45, 7) is 6.17. The highest BCUT2D eigenvalue weighted by atomic mass is 16.4. The van der Waals surface area contributed by atoms with Gasteiger partial charge in [0.1, 0.15) is 0 Å². The molecule has 0 amide bonds. The monoisotopic (exact) mass is 262 g/mol. The lowest BCUT2D eigenvalue weighted by Gasteiger charge is -2.45. The van der Waals surface area contributed by atoms with Gasteiger partial charge >= 0.3 is 5.97 Å². The molecule has 0 spiro atoms. The third kappa shape index (κ3) is 3.77. The first kappa shape index (κ1) is 14.0. The van der Waals surface area contributed by atoms with Gasteiger partial charge < -0.3 is 5.11 Å². The number of hydrogen-bond acceptors (Lipinski definition) is 3. The number of aliphatic carboxylic acids is 1. The number of aromatic nitrogens is 1. The zero-order chi connectivity index (χ0) is 13.9. The van der Waals surface area contributed by atoms with Gasteiger partial charge in [0.05, 0.1) is 0 Å². The highest BCUT2D eigenvalue weighted by molar-refractivity contribution is 5.67. The first-order valence-corrected chi connectivity index (χ1v) is 6.83. The van der Waals surface area contributed by atoms with Gasteiger partial charge in [0.2, 0.25) is 0 Å². The molecule has 1 unspecified atom stereocenters. The molecule has 0 radical (unpaired) electrons. The van der Waals surface area contributed by atoms with E-state index in [1.165, 1.54) is 5.56 Å².